The lowest BCUT2D eigenvalue weighted by molar-refractivity contribution is 0.449. The highest BCUT2D eigenvalue weighted by atomic mass is 14.7. The molecule has 0 radical (unpaired) electrons. The van der Waals surface area contributed by atoms with Gasteiger partial charge in [-0.25, -0.2) is 0 Å². The van der Waals surface area contributed by atoms with E-state index in [4.69, 9.17) is 5.73 Å². The Balaban J connectivity index is 1.80. The Morgan fingerprint density at radius 2 is 2.16 bits per heavy atom. The van der Waals surface area contributed by atoms with Gasteiger partial charge in [-0.05, 0) is 48.9 Å². The number of hydrogen-bond acceptors (Lipinski definition) is 3. The van der Waals surface area contributed by atoms with Crippen LogP contribution in [-0.4, -0.2) is 16.0 Å². The third-order valence-electron chi connectivity index (χ3n) is 3.95. The molecule has 0 fully saturated rings. The zero-order chi connectivity index (χ0) is 13.1. The summed E-state index contributed by atoms with van der Waals surface area (Å²) < 4.78 is 0. The maximum atomic E-state index is 6.43. The van der Waals surface area contributed by atoms with Crippen LogP contribution in [0.3, 0.4) is 0 Å². The molecule has 2 N–H and O–H groups in total. The van der Waals surface area contributed by atoms with Crippen molar-refractivity contribution in [3.8, 4) is 0 Å². The van der Waals surface area contributed by atoms with E-state index in [1.165, 1.54) is 23.2 Å². The predicted octanol–water partition coefficient (Wildman–Crippen LogP) is 2.47. The van der Waals surface area contributed by atoms with Crippen molar-refractivity contribution < 1.29 is 0 Å². The number of aryl methyl sites for hydroxylation is 1. The summed E-state index contributed by atoms with van der Waals surface area (Å²) in [5.41, 5.74) is 10.2. The topological polar surface area (TPSA) is 51.8 Å². The number of hydrogen-bond donors (Lipinski definition) is 1. The van der Waals surface area contributed by atoms with Crippen molar-refractivity contribution in [3.05, 3.63) is 59.7 Å². The fourth-order valence-electron chi connectivity index (χ4n) is 3.00. The van der Waals surface area contributed by atoms with E-state index in [1.807, 2.05) is 24.5 Å². The summed E-state index contributed by atoms with van der Waals surface area (Å²) in [7, 11) is 0. The number of aromatic nitrogens is 2. The molecule has 1 aliphatic rings. The molecule has 3 nitrogen and oxygen atoms in total. The van der Waals surface area contributed by atoms with E-state index < -0.39 is 0 Å². The van der Waals surface area contributed by atoms with Crippen LogP contribution < -0.4 is 5.73 Å². The van der Waals surface area contributed by atoms with Gasteiger partial charge in [0.2, 0.25) is 0 Å². The van der Waals surface area contributed by atoms with Gasteiger partial charge in [-0.3, -0.25) is 9.97 Å². The second-order valence-electron chi connectivity index (χ2n) is 5.28. The number of fused-ring (bicyclic) bond motifs is 1. The fraction of sp³-hybridized carbons (Fsp3) is 0.375. The first kappa shape index (κ1) is 12.3. The second kappa shape index (κ2) is 5.49. The van der Waals surface area contributed by atoms with Crippen molar-refractivity contribution in [2.75, 3.05) is 0 Å². The van der Waals surface area contributed by atoms with Crippen LogP contribution >= 0.6 is 0 Å². The Labute approximate surface area is 113 Å². The van der Waals surface area contributed by atoms with E-state index in [2.05, 4.69) is 22.1 Å². The minimum Gasteiger partial charge on any atom is -0.327 e. The van der Waals surface area contributed by atoms with Crippen LogP contribution in [-0.2, 0) is 12.8 Å². The highest BCUT2D eigenvalue weighted by Crippen LogP contribution is 2.32. The molecule has 2 atom stereocenters. The van der Waals surface area contributed by atoms with Crippen molar-refractivity contribution >= 4 is 0 Å². The van der Waals surface area contributed by atoms with Crippen LogP contribution in [0.25, 0.3) is 0 Å². The lowest BCUT2D eigenvalue weighted by Crippen LogP contribution is -2.33. The van der Waals surface area contributed by atoms with Crippen LogP contribution in [0.5, 0.6) is 0 Å². The van der Waals surface area contributed by atoms with E-state index in [0.29, 0.717) is 5.92 Å². The third-order valence-corrected chi connectivity index (χ3v) is 3.95. The van der Waals surface area contributed by atoms with Crippen molar-refractivity contribution in [2.45, 2.75) is 37.6 Å². The first-order valence-corrected chi connectivity index (χ1v) is 6.93. The van der Waals surface area contributed by atoms with Crippen LogP contribution in [0.1, 0.15) is 35.6 Å². The number of nitrogens with two attached hydrogens (primary N) is 1. The van der Waals surface area contributed by atoms with Gasteiger partial charge in [-0.15, -0.1) is 0 Å². The van der Waals surface area contributed by atoms with Gasteiger partial charge in [0.25, 0.3) is 0 Å². The Hall–Kier alpha value is -1.74. The average molecular weight is 253 g/mol. The minimum absolute atomic E-state index is 0.123. The zero-order valence-electron chi connectivity index (χ0n) is 11.0. The molecule has 0 saturated heterocycles. The number of rotatable bonds is 3. The van der Waals surface area contributed by atoms with E-state index in [1.54, 1.807) is 6.20 Å². The predicted molar refractivity (Wildman–Crippen MR) is 75.8 cm³/mol. The zero-order valence-corrected chi connectivity index (χ0v) is 11.0. The van der Waals surface area contributed by atoms with Gasteiger partial charge in [0, 0.05) is 36.2 Å². The summed E-state index contributed by atoms with van der Waals surface area (Å²) >= 11 is 0. The van der Waals surface area contributed by atoms with Gasteiger partial charge in [0.15, 0.2) is 0 Å². The molecule has 3 rings (SSSR count). The summed E-state index contributed by atoms with van der Waals surface area (Å²) in [6.45, 7) is 0. The molecular formula is C16H19N3. The molecule has 0 amide bonds. The molecule has 98 valence electrons. The number of pyridine rings is 2. The molecule has 0 bridgehead atoms. The number of nitrogens with zero attached hydrogens (tertiary/aromatic N) is 2. The van der Waals surface area contributed by atoms with E-state index in [9.17, 15) is 0 Å². The average Bonchev–Trinajstić information content (AvgIpc) is 2.47. The Bertz CT molecular complexity index is 539. The summed E-state index contributed by atoms with van der Waals surface area (Å²) in [5, 5.41) is 0. The maximum Gasteiger partial charge on any atom is 0.0482 e. The van der Waals surface area contributed by atoms with Gasteiger partial charge >= 0.3 is 0 Å². The van der Waals surface area contributed by atoms with Crippen molar-refractivity contribution in [1.29, 1.82) is 0 Å². The molecule has 1 aliphatic carbocycles. The largest absolute Gasteiger partial charge is 0.327 e. The van der Waals surface area contributed by atoms with Gasteiger partial charge in [0.05, 0.1) is 0 Å². The van der Waals surface area contributed by atoms with Crippen LogP contribution in [0, 0.1) is 0 Å². The van der Waals surface area contributed by atoms with Gasteiger partial charge in [-0.2, -0.15) is 0 Å². The molecule has 0 aromatic carbocycles. The smallest absolute Gasteiger partial charge is 0.0482 e. The SMILES string of the molecule is NC(Cc1cccnc1)C1CCCc2cccnc21. The third kappa shape index (κ3) is 2.66. The monoisotopic (exact) mass is 253 g/mol. The lowest BCUT2D eigenvalue weighted by atomic mass is 9.80. The Morgan fingerprint density at radius 1 is 1.26 bits per heavy atom. The van der Waals surface area contributed by atoms with E-state index in [-0.39, 0.29) is 6.04 Å². The molecular weight excluding hydrogens is 234 g/mol. The molecule has 19 heavy (non-hydrogen) atoms. The minimum atomic E-state index is 0.123. The van der Waals surface area contributed by atoms with Crippen molar-refractivity contribution in [3.63, 3.8) is 0 Å². The summed E-state index contributed by atoms with van der Waals surface area (Å²) in [4.78, 5) is 8.72. The molecule has 0 aliphatic heterocycles. The standard InChI is InChI=1S/C16H19N3/c17-15(10-12-4-2-8-18-11-12)14-7-1-5-13-6-3-9-19-16(13)14/h2-4,6,8-9,11,14-15H,1,5,7,10,17H2. The molecule has 0 spiro atoms. The highest BCUT2D eigenvalue weighted by molar-refractivity contribution is 5.28. The fourth-order valence-corrected chi connectivity index (χ4v) is 3.00. The molecule has 2 heterocycles. The first-order chi connectivity index (χ1) is 9.34. The maximum absolute atomic E-state index is 6.43. The summed E-state index contributed by atoms with van der Waals surface area (Å²) in [6.07, 6.45) is 9.95. The van der Waals surface area contributed by atoms with Crippen LogP contribution in [0.2, 0.25) is 0 Å². The van der Waals surface area contributed by atoms with E-state index in [0.717, 1.165) is 19.3 Å². The Kier molecular flexibility index (Phi) is 3.56. The van der Waals surface area contributed by atoms with Crippen molar-refractivity contribution in [2.24, 2.45) is 5.73 Å². The van der Waals surface area contributed by atoms with Gasteiger partial charge in [0.1, 0.15) is 0 Å². The van der Waals surface area contributed by atoms with Crippen LogP contribution in [0.4, 0.5) is 0 Å². The second-order valence-corrected chi connectivity index (χ2v) is 5.28. The summed E-state index contributed by atoms with van der Waals surface area (Å²) in [5.74, 6) is 0.380. The Morgan fingerprint density at radius 3 is 3.00 bits per heavy atom. The highest BCUT2D eigenvalue weighted by Gasteiger charge is 2.26. The normalized spacial score (nSPS) is 19.7. The lowest BCUT2D eigenvalue weighted by Gasteiger charge is -2.29. The first-order valence-electron chi connectivity index (χ1n) is 6.93. The summed E-state index contributed by atoms with van der Waals surface area (Å²) in [6, 6.07) is 8.39. The van der Waals surface area contributed by atoms with Gasteiger partial charge < -0.3 is 5.73 Å². The van der Waals surface area contributed by atoms with Gasteiger partial charge in [-0.1, -0.05) is 12.1 Å². The molecule has 2 unspecified atom stereocenters. The molecule has 2 aromatic heterocycles. The molecule has 2 aromatic rings. The molecule has 3 heteroatoms. The quantitative estimate of drug-likeness (QED) is 0.914. The van der Waals surface area contributed by atoms with Crippen molar-refractivity contribution in [1.82, 2.24) is 9.97 Å². The molecule has 0 saturated carbocycles. The van der Waals surface area contributed by atoms with Crippen LogP contribution in [0.15, 0.2) is 42.9 Å². The van der Waals surface area contributed by atoms with E-state index >= 15 is 0 Å².